The van der Waals surface area contributed by atoms with E-state index in [4.69, 9.17) is 9.47 Å². The third kappa shape index (κ3) is 5.14. The number of hydrogen-bond acceptors (Lipinski definition) is 6. The molecule has 138 valence electrons. The molecule has 7 heteroatoms. The van der Waals surface area contributed by atoms with Crippen LogP contribution in [0.3, 0.4) is 0 Å². The van der Waals surface area contributed by atoms with Crippen molar-refractivity contribution >= 4 is 11.9 Å². The van der Waals surface area contributed by atoms with Crippen LogP contribution >= 0.6 is 0 Å². The summed E-state index contributed by atoms with van der Waals surface area (Å²) in [4.78, 5) is 25.5. The number of nitrogens with zero attached hydrogens (tertiary/aromatic N) is 1. The van der Waals surface area contributed by atoms with Gasteiger partial charge in [-0.25, -0.2) is 4.79 Å². The number of esters is 1. The van der Waals surface area contributed by atoms with Crippen molar-refractivity contribution in [2.45, 2.75) is 13.5 Å². The minimum atomic E-state index is -0.842. The minimum absolute atomic E-state index is 0.121. The second-order valence-electron chi connectivity index (χ2n) is 5.60. The summed E-state index contributed by atoms with van der Waals surface area (Å²) in [5, 5.41) is 18.8. The zero-order valence-corrected chi connectivity index (χ0v) is 14.6. The van der Waals surface area contributed by atoms with E-state index < -0.39 is 18.3 Å². The molecule has 0 atom stereocenters. The number of ether oxygens (including phenoxy) is 2. The molecule has 2 aromatic carbocycles. The number of phenolic OH excluding ortho intramolecular Hbond substituents is 2. The summed E-state index contributed by atoms with van der Waals surface area (Å²) in [5.74, 6) is -1.06. The van der Waals surface area contributed by atoms with Crippen molar-refractivity contribution in [3.05, 3.63) is 53.6 Å². The number of amides is 1. The van der Waals surface area contributed by atoms with Gasteiger partial charge in [0.2, 0.25) is 0 Å². The van der Waals surface area contributed by atoms with Gasteiger partial charge in [0.15, 0.2) is 6.61 Å². The maximum Gasteiger partial charge on any atom is 0.342 e. The maximum absolute atomic E-state index is 12.1. The molecule has 1 amide bonds. The van der Waals surface area contributed by atoms with Crippen molar-refractivity contribution < 1.29 is 29.3 Å². The quantitative estimate of drug-likeness (QED) is 0.737. The van der Waals surface area contributed by atoms with Crippen molar-refractivity contribution in [3.8, 4) is 17.2 Å². The molecule has 2 aromatic rings. The van der Waals surface area contributed by atoms with Gasteiger partial charge in [0.05, 0.1) is 6.61 Å². The van der Waals surface area contributed by atoms with E-state index in [9.17, 15) is 19.8 Å². The topological polar surface area (TPSA) is 96.3 Å². The molecule has 0 heterocycles. The molecule has 2 N–H and O–H groups in total. The Morgan fingerprint density at radius 2 is 1.77 bits per heavy atom. The van der Waals surface area contributed by atoms with Gasteiger partial charge in [0.25, 0.3) is 5.91 Å². The first-order valence-electron chi connectivity index (χ1n) is 8.05. The average Bonchev–Trinajstić information content (AvgIpc) is 2.61. The van der Waals surface area contributed by atoms with Gasteiger partial charge in [-0.05, 0) is 36.8 Å². The van der Waals surface area contributed by atoms with Gasteiger partial charge in [-0.3, -0.25) is 4.79 Å². The van der Waals surface area contributed by atoms with E-state index in [1.54, 1.807) is 7.05 Å². The number of hydrogen-bond donors (Lipinski definition) is 2. The maximum atomic E-state index is 12.1. The van der Waals surface area contributed by atoms with Crippen molar-refractivity contribution in [2.75, 3.05) is 20.3 Å². The summed E-state index contributed by atoms with van der Waals surface area (Å²) in [7, 11) is 1.60. The summed E-state index contributed by atoms with van der Waals surface area (Å²) in [5.41, 5.74) is 0.788. The van der Waals surface area contributed by atoms with E-state index in [2.05, 4.69) is 0 Å². The van der Waals surface area contributed by atoms with E-state index in [1.807, 2.05) is 31.2 Å². The molecule has 26 heavy (non-hydrogen) atoms. The first-order chi connectivity index (χ1) is 12.4. The number of phenols is 2. The second kappa shape index (κ2) is 8.75. The Morgan fingerprint density at radius 3 is 2.38 bits per heavy atom. The van der Waals surface area contributed by atoms with Crippen LogP contribution in [0.4, 0.5) is 0 Å². The predicted molar refractivity (Wildman–Crippen MR) is 94.1 cm³/mol. The van der Waals surface area contributed by atoms with Gasteiger partial charge >= 0.3 is 5.97 Å². The van der Waals surface area contributed by atoms with Crippen LogP contribution in [0.15, 0.2) is 42.5 Å². The molecule has 0 aliphatic carbocycles. The van der Waals surface area contributed by atoms with E-state index in [1.165, 1.54) is 17.0 Å². The van der Waals surface area contributed by atoms with E-state index >= 15 is 0 Å². The largest absolute Gasteiger partial charge is 0.508 e. The smallest absolute Gasteiger partial charge is 0.342 e. The normalized spacial score (nSPS) is 10.2. The highest BCUT2D eigenvalue weighted by atomic mass is 16.5. The van der Waals surface area contributed by atoms with Crippen LogP contribution < -0.4 is 4.74 Å². The Bertz CT molecular complexity index is 772. The van der Waals surface area contributed by atoms with E-state index in [-0.39, 0.29) is 17.2 Å². The van der Waals surface area contributed by atoms with Crippen molar-refractivity contribution in [1.82, 2.24) is 4.90 Å². The molecule has 0 aliphatic rings. The van der Waals surface area contributed by atoms with E-state index in [0.29, 0.717) is 13.2 Å². The Labute approximate surface area is 151 Å². The SMILES string of the molecule is CCOc1ccc(CN(C)C(=O)COC(=O)c2ccc(O)cc2O)cc1. The molecule has 7 nitrogen and oxygen atoms in total. The molecule has 0 saturated carbocycles. The molecule has 0 aromatic heterocycles. The highest BCUT2D eigenvalue weighted by molar-refractivity contribution is 5.94. The van der Waals surface area contributed by atoms with E-state index in [0.717, 1.165) is 17.4 Å². The van der Waals surface area contributed by atoms with Crippen LogP contribution in [-0.4, -0.2) is 47.3 Å². The second-order valence-corrected chi connectivity index (χ2v) is 5.60. The Balaban J connectivity index is 1.87. The predicted octanol–water partition coefficient (Wildman–Crippen LogP) is 2.31. The number of likely N-dealkylation sites (N-methyl/N-ethyl adjacent to an activating group) is 1. The highest BCUT2D eigenvalue weighted by Gasteiger charge is 2.17. The minimum Gasteiger partial charge on any atom is -0.508 e. The number of carbonyl (C=O) groups is 2. The standard InChI is InChI=1S/C19H21NO6/c1-3-25-15-7-4-13(5-8-15)11-20(2)18(23)12-26-19(24)16-9-6-14(21)10-17(16)22/h4-10,21-22H,3,11-12H2,1-2H3. The molecule has 0 bridgehead atoms. The molecule has 2 rings (SSSR count). The van der Waals surface area contributed by atoms with Crippen molar-refractivity contribution in [1.29, 1.82) is 0 Å². The number of aromatic hydroxyl groups is 2. The molecule has 0 fully saturated rings. The summed E-state index contributed by atoms with van der Waals surface area (Å²) in [6.07, 6.45) is 0. The Morgan fingerprint density at radius 1 is 1.08 bits per heavy atom. The van der Waals surface area contributed by atoms with Crippen LogP contribution in [0.5, 0.6) is 17.2 Å². The lowest BCUT2D eigenvalue weighted by atomic mass is 10.2. The fraction of sp³-hybridized carbons (Fsp3) is 0.263. The Hall–Kier alpha value is -3.22. The van der Waals surface area contributed by atoms with Crippen molar-refractivity contribution in [3.63, 3.8) is 0 Å². The molecule has 0 radical (unpaired) electrons. The number of benzene rings is 2. The van der Waals surface area contributed by atoms with Gasteiger partial charge in [0.1, 0.15) is 22.8 Å². The number of carbonyl (C=O) groups excluding carboxylic acids is 2. The zero-order chi connectivity index (χ0) is 19.1. The highest BCUT2D eigenvalue weighted by Crippen LogP contribution is 2.23. The van der Waals surface area contributed by atoms with Crippen LogP contribution in [0, 0.1) is 0 Å². The van der Waals surface area contributed by atoms with Crippen molar-refractivity contribution in [2.24, 2.45) is 0 Å². The molecule has 0 saturated heterocycles. The lowest BCUT2D eigenvalue weighted by molar-refractivity contribution is -0.133. The lowest BCUT2D eigenvalue weighted by Gasteiger charge is -2.17. The van der Waals surface area contributed by atoms with Crippen LogP contribution in [0.1, 0.15) is 22.8 Å². The zero-order valence-electron chi connectivity index (χ0n) is 14.6. The lowest BCUT2D eigenvalue weighted by Crippen LogP contribution is -2.30. The van der Waals surface area contributed by atoms with Gasteiger partial charge in [-0.15, -0.1) is 0 Å². The third-order valence-corrected chi connectivity index (χ3v) is 3.61. The third-order valence-electron chi connectivity index (χ3n) is 3.61. The van der Waals surface area contributed by atoms with Gasteiger partial charge < -0.3 is 24.6 Å². The van der Waals surface area contributed by atoms with Gasteiger partial charge in [-0.2, -0.15) is 0 Å². The van der Waals surface area contributed by atoms with Crippen LogP contribution in [-0.2, 0) is 16.1 Å². The first-order valence-corrected chi connectivity index (χ1v) is 8.05. The monoisotopic (exact) mass is 359 g/mol. The summed E-state index contributed by atoms with van der Waals surface area (Å²) in [6, 6.07) is 10.9. The van der Waals surface area contributed by atoms with Gasteiger partial charge in [-0.1, -0.05) is 12.1 Å². The Kier molecular flexibility index (Phi) is 6.43. The average molecular weight is 359 g/mol. The first kappa shape index (κ1) is 19.1. The fourth-order valence-electron chi connectivity index (χ4n) is 2.23. The summed E-state index contributed by atoms with van der Waals surface area (Å²) in [6.45, 7) is 2.39. The van der Waals surface area contributed by atoms with Crippen LogP contribution in [0.2, 0.25) is 0 Å². The molecular formula is C19H21NO6. The summed E-state index contributed by atoms with van der Waals surface area (Å²) < 4.78 is 10.3. The van der Waals surface area contributed by atoms with Gasteiger partial charge in [0, 0.05) is 19.7 Å². The molecule has 0 spiro atoms. The number of rotatable bonds is 7. The fourth-order valence-corrected chi connectivity index (χ4v) is 2.23. The molecular weight excluding hydrogens is 338 g/mol. The summed E-state index contributed by atoms with van der Waals surface area (Å²) >= 11 is 0. The molecule has 0 aliphatic heterocycles. The van der Waals surface area contributed by atoms with Crippen LogP contribution in [0.25, 0.3) is 0 Å². The molecule has 0 unspecified atom stereocenters.